The maximum atomic E-state index is 12.2. The van der Waals surface area contributed by atoms with Crippen LogP contribution in [0.25, 0.3) is 11.3 Å². The molecular weight excluding hydrogens is 398 g/mol. The SMILES string of the molecule is CCOc1ccc(NC(=S)NNC(=O)c2ccc(-c3cccc(Cl)c3)o2)cc1. The number of nitrogens with one attached hydrogen (secondary N) is 3. The quantitative estimate of drug-likeness (QED) is 0.416. The molecule has 6 nitrogen and oxygen atoms in total. The summed E-state index contributed by atoms with van der Waals surface area (Å²) in [6.45, 7) is 2.52. The molecule has 1 amide bonds. The van der Waals surface area contributed by atoms with E-state index in [9.17, 15) is 4.79 Å². The molecule has 8 heteroatoms. The van der Waals surface area contributed by atoms with Crippen molar-refractivity contribution < 1.29 is 13.9 Å². The fourth-order valence-electron chi connectivity index (χ4n) is 2.40. The Morgan fingerprint density at radius 2 is 1.89 bits per heavy atom. The Morgan fingerprint density at radius 1 is 1.11 bits per heavy atom. The highest BCUT2D eigenvalue weighted by Crippen LogP contribution is 2.24. The molecule has 0 radical (unpaired) electrons. The summed E-state index contributed by atoms with van der Waals surface area (Å²) in [6.07, 6.45) is 0. The van der Waals surface area contributed by atoms with E-state index in [4.69, 9.17) is 33.0 Å². The van der Waals surface area contributed by atoms with Crippen molar-refractivity contribution in [1.29, 1.82) is 0 Å². The molecule has 0 aliphatic rings. The number of benzene rings is 2. The summed E-state index contributed by atoms with van der Waals surface area (Å²) in [5, 5.41) is 3.79. The lowest BCUT2D eigenvalue weighted by Gasteiger charge is -2.11. The minimum absolute atomic E-state index is 0.145. The molecule has 0 fully saturated rings. The molecule has 0 spiro atoms. The van der Waals surface area contributed by atoms with Gasteiger partial charge in [0.1, 0.15) is 11.5 Å². The average Bonchev–Trinajstić information content (AvgIpc) is 3.18. The number of hydrazine groups is 1. The van der Waals surface area contributed by atoms with Crippen molar-refractivity contribution >= 4 is 40.5 Å². The topological polar surface area (TPSA) is 75.5 Å². The van der Waals surface area contributed by atoms with Gasteiger partial charge < -0.3 is 14.5 Å². The van der Waals surface area contributed by atoms with Gasteiger partial charge in [-0.1, -0.05) is 23.7 Å². The van der Waals surface area contributed by atoms with Gasteiger partial charge in [0.2, 0.25) is 0 Å². The Hall–Kier alpha value is -3.03. The molecule has 3 rings (SSSR count). The lowest BCUT2D eigenvalue weighted by atomic mass is 10.2. The zero-order valence-electron chi connectivity index (χ0n) is 15.0. The minimum atomic E-state index is -0.455. The van der Waals surface area contributed by atoms with Crippen LogP contribution in [0.5, 0.6) is 5.75 Å². The van der Waals surface area contributed by atoms with Crippen LogP contribution in [0.1, 0.15) is 17.5 Å². The molecule has 1 heterocycles. The van der Waals surface area contributed by atoms with Crippen LogP contribution in [0.15, 0.2) is 65.1 Å². The minimum Gasteiger partial charge on any atom is -0.494 e. The number of thiocarbonyl (C=S) groups is 1. The predicted molar refractivity (Wildman–Crippen MR) is 114 cm³/mol. The molecule has 0 saturated carbocycles. The maximum absolute atomic E-state index is 12.2. The van der Waals surface area contributed by atoms with Gasteiger partial charge in [-0.2, -0.15) is 0 Å². The smallest absolute Gasteiger partial charge is 0.305 e. The largest absolute Gasteiger partial charge is 0.494 e. The van der Waals surface area contributed by atoms with Gasteiger partial charge >= 0.3 is 5.91 Å². The lowest BCUT2D eigenvalue weighted by Crippen LogP contribution is -2.43. The summed E-state index contributed by atoms with van der Waals surface area (Å²) in [4.78, 5) is 12.2. The van der Waals surface area contributed by atoms with E-state index in [2.05, 4.69) is 16.2 Å². The summed E-state index contributed by atoms with van der Waals surface area (Å²) in [6, 6.07) is 17.8. The Bertz CT molecular complexity index is 973. The summed E-state index contributed by atoms with van der Waals surface area (Å²) < 4.78 is 11.0. The molecule has 0 saturated heterocycles. The first-order chi connectivity index (χ1) is 13.5. The summed E-state index contributed by atoms with van der Waals surface area (Å²) in [5.41, 5.74) is 6.67. The number of furan rings is 1. The third kappa shape index (κ3) is 5.25. The van der Waals surface area contributed by atoms with Crippen LogP contribution in [0.2, 0.25) is 5.02 Å². The first-order valence-electron chi connectivity index (χ1n) is 8.51. The maximum Gasteiger partial charge on any atom is 0.305 e. The highest BCUT2D eigenvalue weighted by Gasteiger charge is 2.12. The second-order valence-corrected chi connectivity index (χ2v) is 6.51. The Labute approximate surface area is 172 Å². The van der Waals surface area contributed by atoms with Crippen molar-refractivity contribution in [3.63, 3.8) is 0 Å². The van der Waals surface area contributed by atoms with Crippen molar-refractivity contribution in [2.75, 3.05) is 11.9 Å². The summed E-state index contributed by atoms with van der Waals surface area (Å²) >= 11 is 11.2. The molecule has 2 aromatic carbocycles. The molecule has 144 valence electrons. The summed E-state index contributed by atoms with van der Waals surface area (Å²) in [5.74, 6) is 1.01. The first-order valence-corrected chi connectivity index (χ1v) is 9.30. The monoisotopic (exact) mass is 415 g/mol. The van der Waals surface area contributed by atoms with Gasteiger partial charge in [-0.05, 0) is 67.7 Å². The van der Waals surface area contributed by atoms with Gasteiger partial charge in [0.15, 0.2) is 10.9 Å². The third-order valence-electron chi connectivity index (χ3n) is 3.65. The van der Waals surface area contributed by atoms with Crippen molar-refractivity contribution in [2.45, 2.75) is 6.92 Å². The fourth-order valence-corrected chi connectivity index (χ4v) is 2.75. The number of carbonyl (C=O) groups excluding carboxylic acids is 1. The molecule has 0 aliphatic heterocycles. The van der Waals surface area contributed by atoms with E-state index >= 15 is 0 Å². The molecule has 0 bridgehead atoms. The van der Waals surface area contributed by atoms with E-state index in [1.54, 1.807) is 24.3 Å². The van der Waals surface area contributed by atoms with Crippen LogP contribution in [0.4, 0.5) is 5.69 Å². The number of ether oxygens (including phenoxy) is 1. The van der Waals surface area contributed by atoms with Crippen LogP contribution in [-0.4, -0.2) is 17.6 Å². The summed E-state index contributed by atoms with van der Waals surface area (Å²) in [7, 11) is 0. The van der Waals surface area contributed by atoms with E-state index in [0.717, 1.165) is 17.0 Å². The average molecular weight is 416 g/mol. The van der Waals surface area contributed by atoms with E-state index in [-0.39, 0.29) is 10.9 Å². The third-order valence-corrected chi connectivity index (χ3v) is 4.09. The molecule has 0 atom stereocenters. The highest BCUT2D eigenvalue weighted by atomic mass is 35.5. The van der Waals surface area contributed by atoms with Crippen molar-refractivity contribution in [3.05, 3.63) is 71.4 Å². The molecule has 1 aromatic heterocycles. The van der Waals surface area contributed by atoms with Gasteiger partial charge in [-0.3, -0.25) is 15.6 Å². The number of rotatable bonds is 5. The molecular formula is C20H18ClN3O3S. The van der Waals surface area contributed by atoms with Crippen LogP contribution in [0, 0.1) is 0 Å². The second kappa shape index (κ2) is 9.25. The predicted octanol–water partition coefficient (Wildman–Crippen LogP) is 4.63. The zero-order chi connectivity index (χ0) is 19.9. The lowest BCUT2D eigenvalue weighted by molar-refractivity contribution is 0.0917. The normalized spacial score (nSPS) is 10.2. The van der Waals surface area contributed by atoms with Crippen molar-refractivity contribution in [3.8, 4) is 17.1 Å². The fraction of sp³-hybridized carbons (Fsp3) is 0.100. The van der Waals surface area contributed by atoms with Gasteiger partial charge in [-0.25, -0.2) is 0 Å². The van der Waals surface area contributed by atoms with Gasteiger partial charge in [-0.15, -0.1) is 0 Å². The van der Waals surface area contributed by atoms with Crippen LogP contribution in [0.3, 0.4) is 0 Å². The Balaban J connectivity index is 1.53. The number of anilines is 1. The standard InChI is InChI=1S/C20H18ClN3O3S/c1-2-26-16-8-6-15(7-9-16)22-20(28)24-23-19(25)18-11-10-17(27-18)13-4-3-5-14(21)12-13/h3-12H,2H2,1H3,(H,23,25)(H2,22,24,28). The molecule has 0 unspecified atom stereocenters. The highest BCUT2D eigenvalue weighted by molar-refractivity contribution is 7.80. The van der Waals surface area contributed by atoms with Gasteiger partial charge in [0.25, 0.3) is 0 Å². The van der Waals surface area contributed by atoms with Crippen LogP contribution < -0.4 is 20.9 Å². The number of carbonyl (C=O) groups is 1. The molecule has 0 aliphatic carbocycles. The number of hydrogen-bond acceptors (Lipinski definition) is 4. The van der Waals surface area contributed by atoms with E-state index in [1.165, 1.54) is 0 Å². The van der Waals surface area contributed by atoms with Crippen LogP contribution >= 0.6 is 23.8 Å². The van der Waals surface area contributed by atoms with Crippen molar-refractivity contribution in [1.82, 2.24) is 10.9 Å². The molecule has 3 aromatic rings. The number of halogens is 1. The zero-order valence-corrected chi connectivity index (χ0v) is 16.6. The van der Waals surface area contributed by atoms with Gasteiger partial charge in [0, 0.05) is 16.3 Å². The second-order valence-electron chi connectivity index (χ2n) is 5.66. The number of amides is 1. The Kier molecular flexibility index (Phi) is 6.52. The van der Waals surface area contributed by atoms with E-state index in [1.807, 2.05) is 43.3 Å². The first kappa shape index (κ1) is 19.7. The number of hydrogen-bond donors (Lipinski definition) is 3. The van der Waals surface area contributed by atoms with E-state index in [0.29, 0.717) is 17.4 Å². The van der Waals surface area contributed by atoms with E-state index < -0.39 is 5.91 Å². The Morgan fingerprint density at radius 3 is 2.61 bits per heavy atom. The van der Waals surface area contributed by atoms with Gasteiger partial charge in [0.05, 0.1) is 6.61 Å². The van der Waals surface area contributed by atoms with Crippen molar-refractivity contribution in [2.24, 2.45) is 0 Å². The van der Waals surface area contributed by atoms with Crippen LogP contribution in [-0.2, 0) is 0 Å². The molecule has 3 N–H and O–H groups in total. The molecule has 28 heavy (non-hydrogen) atoms.